The molecule has 0 aliphatic heterocycles. The first-order valence-corrected chi connectivity index (χ1v) is 5.76. The molecule has 0 saturated carbocycles. The van der Waals surface area contributed by atoms with E-state index >= 15 is 0 Å². The molecule has 19 heavy (non-hydrogen) atoms. The van der Waals surface area contributed by atoms with Gasteiger partial charge < -0.3 is 14.8 Å². The van der Waals surface area contributed by atoms with E-state index in [0.29, 0.717) is 5.56 Å². The Labute approximate surface area is 111 Å². The van der Waals surface area contributed by atoms with E-state index in [4.69, 9.17) is 14.8 Å². The molecule has 0 bridgehead atoms. The average Bonchev–Trinajstić information content (AvgIpc) is 2.18. The van der Waals surface area contributed by atoms with E-state index in [-0.39, 0.29) is 11.2 Å². The summed E-state index contributed by atoms with van der Waals surface area (Å²) in [6.45, 7) is 6.58. The highest BCUT2D eigenvalue weighted by atomic mass is 19.1. The Hall–Kier alpha value is -1.60. The zero-order chi connectivity index (χ0) is 14.8. The minimum absolute atomic E-state index is 0.118. The van der Waals surface area contributed by atoms with Crippen molar-refractivity contribution in [2.75, 3.05) is 5.32 Å². The summed E-state index contributed by atoms with van der Waals surface area (Å²) < 4.78 is 18.6. The monoisotopic (exact) mass is 269 g/mol. The lowest BCUT2D eigenvalue weighted by Crippen LogP contribution is -2.33. The van der Waals surface area contributed by atoms with Gasteiger partial charge in [-0.25, -0.2) is 9.18 Å². The Morgan fingerprint density at radius 2 is 1.95 bits per heavy atom. The van der Waals surface area contributed by atoms with Crippen LogP contribution in [0.4, 0.5) is 14.9 Å². The van der Waals surface area contributed by atoms with Gasteiger partial charge >= 0.3 is 13.2 Å². The van der Waals surface area contributed by atoms with Crippen molar-refractivity contribution in [3.8, 4) is 0 Å². The van der Waals surface area contributed by atoms with Crippen LogP contribution in [0.3, 0.4) is 0 Å². The molecule has 0 heterocycles. The van der Waals surface area contributed by atoms with Crippen molar-refractivity contribution in [3.63, 3.8) is 0 Å². The third-order valence-electron chi connectivity index (χ3n) is 2.27. The number of hydrogen-bond donors (Lipinski definition) is 3. The number of hydrogen-bond acceptors (Lipinski definition) is 4. The molecule has 0 aromatic heterocycles. The molecule has 0 saturated heterocycles. The third-order valence-corrected chi connectivity index (χ3v) is 2.27. The highest BCUT2D eigenvalue weighted by Gasteiger charge is 2.20. The summed E-state index contributed by atoms with van der Waals surface area (Å²) in [5.41, 5.74) is -0.373. The Bertz CT molecular complexity index is 485. The first kappa shape index (κ1) is 15.5. The maximum atomic E-state index is 13.7. The predicted molar refractivity (Wildman–Crippen MR) is 70.8 cm³/mol. The molecule has 0 unspecified atom stereocenters. The van der Waals surface area contributed by atoms with Gasteiger partial charge in [-0.1, -0.05) is 0 Å². The SMILES string of the molecule is Cc1cc(F)c(NC(=O)OC(C)(C)C)cc1B(O)O. The molecule has 1 aromatic rings. The maximum absolute atomic E-state index is 13.7. The summed E-state index contributed by atoms with van der Waals surface area (Å²) >= 11 is 0. The number of benzene rings is 1. The molecule has 0 spiro atoms. The molecule has 1 aromatic carbocycles. The number of carbonyl (C=O) groups excluding carboxylic acids is 1. The second-order valence-corrected chi connectivity index (χ2v) is 5.19. The zero-order valence-corrected chi connectivity index (χ0v) is 11.3. The molecule has 1 amide bonds. The third kappa shape index (κ3) is 4.53. The highest BCUT2D eigenvalue weighted by Crippen LogP contribution is 2.16. The van der Waals surface area contributed by atoms with Gasteiger partial charge in [-0.15, -0.1) is 0 Å². The summed E-state index contributed by atoms with van der Waals surface area (Å²) in [7, 11) is -1.74. The van der Waals surface area contributed by atoms with Crippen LogP contribution in [0.15, 0.2) is 12.1 Å². The fraction of sp³-hybridized carbons (Fsp3) is 0.417. The van der Waals surface area contributed by atoms with Crippen LogP contribution < -0.4 is 10.8 Å². The van der Waals surface area contributed by atoms with Gasteiger partial charge in [-0.2, -0.15) is 0 Å². The number of rotatable bonds is 2. The Kier molecular flexibility index (Phi) is 4.54. The Balaban J connectivity index is 2.95. The van der Waals surface area contributed by atoms with E-state index in [1.165, 1.54) is 13.0 Å². The molecule has 5 nitrogen and oxygen atoms in total. The number of amides is 1. The summed E-state index contributed by atoms with van der Waals surface area (Å²) in [6, 6.07) is 2.28. The maximum Gasteiger partial charge on any atom is 0.488 e. The van der Waals surface area contributed by atoms with Crippen LogP contribution in [-0.4, -0.2) is 28.9 Å². The fourth-order valence-corrected chi connectivity index (χ4v) is 1.48. The zero-order valence-electron chi connectivity index (χ0n) is 11.3. The van der Waals surface area contributed by atoms with E-state index in [1.807, 2.05) is 0 Å². The van der Waals surface area contributed by atoms with Gasteiger partial charge in [0.25, 0.3) is 0 Å². The van der Waals surface area contributed by atoms with E-state index in [0.717, 1.165) is 6.07 Å². The first-order chi connectivity index (χ1) is 8.60. The number of ether oxygens (including phenoxy) is 1. The van der Waals surface area contributed by atoms with Crippen LogP contribution in [-0.2, 0) is 4.74 Å². The minimum Gasteiger partial charge on any atom is -0.444 e. The summed E-state index contributed by atoms with van der Waals surface area (Å²) in [5, 5.41) is 20.5. The van der Waals surface area contributed by atoms with Gasteiger partial charge in [0, 0.05) is 0 Å². The van der Waals surface area contributed by atoms with Crippen molar-refractivity contribution >= 4 is 24.4 Å². The van der Waals surface area contributed by atoms with Gasteiger partial charge in [0.1, 0.15) is 11.4 Å². The lowest BCUT2D eigenvalue weighted by Gasteiger charge is -2.20. The smallest absolute Gasteiger partial charge is 0.444 e. The van der Waals surface area contributed by atoms with Gasteiger partial charge in [0.05, 0.1) is 5.69 Å². The number of nitrogens with one attached hydrogen (secondary N) is 1. The number of carbonyl (C=O) groups is 1. The molecular weight excluding hydrogens is 252 g/mol. The van der Waals surface area contributed by atoms with Crippen LogP contribution in [0.1, 0.15) is 26.3 Å². The molecule has 0 radical (unpaired) electrons. The van der Waals surface area contributed by atoms with Gasteiger partial charge in [-0.3, -0.25) is 5.32 Å². The topological polar surface area (TPSA) is 78.8 Å². The Morgan fingerprint density at radius 3 is 2.42 bits per heavy atom. The average molecular weight is 269 g/mol. The molecule has 3 N–H and O–H groups in total. The van der Waals surface area contributed by atoms with E-state index < -0.39 is 24.6 Å². The standard InChI is InChI=1S/C12H17BFNO4/c1-7-5-9(14)10(6-8(7)13(17)18)15-11(16)19-12(2,3)4/h5-6,17-18H,1-4H3,(H,15,16). The molecule has 0 aliphatic carbocycles. The van der Waals surface area contributed by atoms with Crippen LogP contribution in [0.2, 0.25) is 0 Å². The summed E-state index contributed by atoms with van der Waals surface area (Å²) in [4.78, 5) is 11.5. The minimum atomic E-state index is -1.74. The summed E-state index contributed by atoms with van der Waals surface area (Å²) in [6.07, 6.45) is -0.811. The highest BCUT2D eigenvalue weighted by molar-refractivity contribution is 6.59. The van der Waals surface area contributed by atoms with Crippen molar-refractivity contribution in [1.29, 1.82) is 0 Å². The Morgan fingerprint density at radius 1 is 1.37 bits per heavy atom. The lowest BCUT2D eigenvalue weighted by molar-refractivity contribution is 0.0635. The van der Waals surface area contributed by atoms with Gasteiger partial charge in [0.15, 0.2) is 0 Å². The summed E-state index contributed by atoms with van der Waals surface area (Å²) in [5.74, 6) is -0.673. The van der Waals surface area contributed by atoms with E-state index in [1.54, 1.807) is 20.8 Å². The van der Waals surface area contributed by atoms with Gasteiger partial charge in [0.2, 0.25) is 0 Å². The number of anilines is 1. The van der Waals surface area contributed by atoms with Crippen molar-refractivity contribution in [3.05, 3.63) is 23.5 Å². The van der Waals surface area contributed by atoms with Crippen molar-refractivity contribution in [2.24, 2.45) is 0 Å². The lowest BCUT2D eigenvalue weighted by atomic mass is 9.77. The van der Waals surface area contributed by atoms with Crippen molar-refractivity contribution in [1.82, 2.24) is 0 Å². The van der Waals surface area contributed by atoms with Crippen molar-refractivity contribution < 1.29 is 24.0 Å². The molecule has 7 heteroatoms. The number of aryl methyl sites for hydroxylation is 1. The molecule has 0 aliphatic rings. The molecule has 0 atom stereocenters. The quantitative estimate of drug-likeness (QED) is 0.704. The normalized spacial score (nSPS) is 11.1. The first-order valence-electron chi connectivity index (χ1n) is 5.76. The second kappa shape index (κ2) is 5.58. The van der Waals surface area contributed by atoms with Crippen LogP contribution in [0, 0.1) is 12.7 Å². The largest absolute Gasteiger partial charge is 0.488 e. The van der Waals surface area contributed by atoms with Crippen molar-refractivity contribution in [2.45, 2.75) is 33.3 Å². The molecule has 0 fully saturated rings. The van der Waals surface area contributed by atoms with Gasteiger partial charge in [-0.05, 0) is 50.9 Å². The van der Waals surface area contributed by atoms with E-state index in [9.17, 15) is 9.18 Å². The van der Waals surface area contributed by atoms with Crippen LogP contribution in [0.5, 0.6) is 0 Å². The molecular formula is C12H17BFNO4. The fourth-order valence-electron chi connectivity index (χ4n) is 1.48. The van der Waals surface area contributed by atoms with E-state index in [2.05, 4.69) is 5.32 Å². The molecule has 104 valence electrons. The number of halogens is 1. The molecule has 1 rings (SSSR count). The second-order valence-electron chi connectivity index (χ2n) is 5.19. The predicted octanol–water partition coefficient (Wildman–Crippen LogP) is 1.16. The van der Waals surface area contributed by atoms with Crippen LogP contribution in [0.25, 0.3) is 0 Å². The van der Waals surface area contributed by atoms with Crippen LogP contribution >= 0.6 is 0 Å².